The van der Waals surface area contributed by atoms with Crippen molar-refractivity contribution in [1.82, 2.24) is 18.9 Å². The van der Waals surface area contributed by atoms with E-state index in [0.29, 0.717) is 24.4 Å². The molecular weight excluding hydrogens is 306 g/mol. The van der Waals surface area contributed by atoms with Crippen LogP contribution in [0.15, 0.2) is 24.5 Å². The summed E-state index contributed by atoms with van der Waals surface area (Å²) >= 11 is 0. The summed E-state index contributed by atoms with van der Waals surface area (Å²) in [6.07, 6.45) is 6.42. The molecule has 0 aromatic carbocycles. The highest BCUT2D eigenvalue weighted by molar-refractivity contribution is 7.88. The quantitative estimate of drug-likeness (QED) is 0.886. The highest BCUT2D eigenvalue weighted by Crippen LogP contribution is 2.21. The first-order valence-electron chi connectivity index (χ1n) is 7.03. The average Bonchev–Trinajstić information content (AvgIpc) is 2.96. The molecule has 1 unspecified atom stereocenters. The van der Waals surface area contributed by atoms with E-state index in [9.17, 15) is 13.2 Å². The van der Waals surface area contributed by atoms with Crippen LogP contribution in [0.4, 0.5) is 5.82 Å². The topological polar surface area (TPSA) is 96.7 Å². The summed E-state index contributed by atoms with van der Waals surface area (Å²) in [6, 6.07) is 2.67. The highest BCUT2D eigenvalue weighted by Gasteiger charge is 2.34. The number of fused-ring (bicyclic) bond motifs is 1. The minimum atomic E-state index is -3.41. The van der Waals surface area contributed by atoms with Gasteiger partial charge in [0.25, 0.3) is 0 Å². The first-order chi connectivity index (χ1) is 10.5. The minimum absolute atomic E-state index is 0.340. The number of hydrogen-bond acceptors (Lipinski definition) is 5. The zero-order chi connectivity index (χ0) is 15.7. The smallest absolute Gasteiger partial charge is 0.243 e. The fraction of sp³-hybridized carbons (Fsp3) is 0.462. The van der Waals surface area contributed by atoms with Gasteiger partial charge in [-0.25, -0.2) is 13.4 Å². The van der Waals surface area contributed by atoms with Crippen LogP contribution in [0, 0.1) is 0 Å². The van der Waals surface area contributed by atoms with Gasteiger partial charge in [-0.2, -0.15) is 13.9 Å². The minimum Gasteiger partial charge on any atom is -0.309 e. The van der Waals surface area contributed by atoms with Crippen molar-refractivity contribution in [1.29, 1.82) is 0 Å². The molecular formula is C13H17N5O3S. The molecule has 8 nitrogen and oxygen atoms in total. The van der Waals surface area contributed by atoms with Crippen LogP contribution in [0.2, 0.25) is 0 Å². The third-order valence-corrected chi connectivity index (χ3v) is 5.01. The third kappa shape index (κ3) is 2.81. The predicted octanol–water partition coefficient (Wildman–Crippen LogP) is 0.482. The summed E-state index contributed by atoms with van der Waals surface area (Å²) in [7, 11) is -3.41. The van der Waals surface area contributed by atoms with E-state index < -0.39 is 16.1 Å². The third-order valence-electron chi connectivity index (χ3n) is 3.72. The van der Waals surface area contributed by atoms with E-state index in [1.165, 1.54) is 8.82 Å². The van der Waals surface area contributed by atoms with Crippen molar-refractivity contribution in [3.63, 3.8) is 0 Å². The highest BCUT2D eigenvalue weighted by atomic mass is 32.2. The average molecular weight is 323 g/mol. The maximum Gasteiger partial charge on any atom is 0.243 e. The van der Waals surface area contributed by atoms with Gasteiger partial charge < -0.3 is 5.32 Å². The Hall–Kier alpha value is -2.00. The van der Waals surface area contributed by atoms with E-state index in [4.69, 9.17) is 0 Å². The van der Waals surface area contributed by atoms with Gasteiger partial charge >= 0.3 is 0 Å². The number of piperidine rings is 1. The largest absolute Gasteiger partial charge is 0.309 e. The first-order valence-corrected chi connectivity index (χ1v) is 8.88. The number of nitrogens with one attached hydrogen (secondary N) is 1. The summed E-state index contributed by atoms with van der Waals surface area (Å²) in [5, 5.41) is 6.85. The van der Waals surface area contributed by atoms with Crippen LogP contribution < -0.4 is 5.32 Å². The summed E-state index contributed by atoms with van der Waals surface area (Å²) in [5.41, 5.74) is 0.612. The number of hydrogen-bond donors (Lipinski definition) is 1. The van der Waals surface area contributed by atoms with Gasteiger partial charge in [-0.05, 0) is 18.9 Å². The number of sulfonamides is 1. The molecule has 1 atom stereocenters. The van der Waals surface area contributed by atoms with E-state index in [1.54, 1.807) is 24.5 Å². The fourth-order valence-electron chi connectivity index (χ4n) is 2.70. The van der Waals surface area contributed by atoms with Gasteiger partial charge in [-0.3, -0.25) is 4.79 Å². The molecule has 1 aliphatic rings. The van der Waals surface area contributed by atoms with Crippen LogP contribution in [0.25, 0.3) is 5.65 Å². The van der Waals surface area contributed by atoms with Gasteiger partial charge in [0.05, 0.1) is 12.5 Å². The number of rotatable bonds is 3. The lowest BCUT2D eigenvalue weighted by Gasteiger charge is -2.32. The zero-order valence-electron chi connectivity index (χ0n) is 12.1. The molecule has 2 aromatic rings. The van der Waals surface area contributed by atoms with Crippen molar-refractivity contribution >= 4 is 27.4 Å². The van der Waals surface area contributed by atoms with Gasteiger partial charge in [0.1, 0.15) is 11.9 Å². The van der Waals surface area contributed by atoms with Gasteiger partial charge in [0.2, 0.25) is 15.9 Å². The number of nitrogens with zero attached hydrogens (tertiary/aromatic N) is 4. The molecule has 1 aliphatic heterocycles. The molecule has 2 aromatic heterocycles. The maximum atomic E-state index is 12.5. The molecule has 0 radical (unpaired) electrons. The normalized spacial score (nSPS) is 20.1. The molecule has 9 heteroatoms. The lowest BCUT2D eigenvalue weighted by molar-refractivity contribution is -0.120. The summed E-state index contributed by atoms with van der Waals surface area (Å²) in [5.74, 6) is 0.132. The molecule has 3 heterocycles. The molecule has 22 heavy (non-hydrogen) atoms. The Bertz CT molecular complexity index is 801. The second-order valence-electron chi connectivity index (χ2n) is 5.31. The molecule has 1 N–H and O–H groups in total. The van der Waals surface area contributed by atoms with Crippen molar-refractivity contribution < 1.29 is 13.2 Å². The van der Waals surface area contributed by atoms with Crippen LogP contribution in [0.3, 0.4) is 0 Å². The van der Waals surface area contributed by atoms with E-state index in [1.807, 2.05) is 0 Å². The first kappa shape index (κ1) is 14.9. The van der Waals surface area contributed by atoms with Crippen LogP contribution in [-0.4, -0.2) is 52.1 Å². The van der Waals surface area contributed by atoms with E-state index >= 15 is 0 Å². The van der Waals surface area contributed by atoms with E-state index in [0.717, 1.165) is 19.1 Å². The summed E-state index contributed by atoms with van der Waals surface area (Å²) in [4.78, 5) is 16.6. The number of anilines is 1. The molecule has 118 valence electrons. The summed E-state index contributed by atoms with van der Waals surface area (Å²) in [6.45, 7) is 0.379. The van der Waals surface area contributed by atoms with Crippen molar-refractivity contribution in [2.75, 3.05) is 18.1 Å². The number of carbonyl (C=O) groups is 1. The van der Waals surface area contributed by atoms with Crippen molar-refractivity contribution in [3.8, 4) is 0 Å². The Kier molecular flexibility index (Phi) is 3.83. The van der Waals surface area contributed by atoms with Crippen LogP contribution in [0.5, 0.6) is 0 Å². The van der Waals surface area contributed by atoms with Crippen LogP contribution >= 0.6 is 0 Å². The Morgan fingerprint density at radius 2 is 2.14 bits per heavy atom. The summed E-state index contributed by atoms with van der Waals surface area (Å²) < 4.78 is 26.5. The molecule has 0 aliphatic carbocycles. The number of aromatic nitrogens is 3. The predicted molar refractivity (Wildman–Crippen MR) is 80.8 cm³/mol. The standard InChI is InChI=1S/C13H17N5O3S/c1-22(20,21)17-9-3-2-4-10(17)13(19)16-12-5-7-14-11-6-8-15-18(11)12/h5-8,10H,2-4,9H2,1H3,(H,16,19). The molecule has 0 spiro atoms. The Labute approximate surface area is 128 Å². The van der Waals surface area contributed by atoms with E-state index in [2.05, 4.69) is 15.4 Å². The van der Waals surface area contributed by atoms with Crippen LogP contribution in [-0.2, 0) is 14.8 Å². The fourth-order valence-corrected chi connectivity index (χ4v) is 3.83. The zero-order valence-corrected chi connectivity index (χ0v) is 13.0. The van der Waals surface area contributed by atoms with Gasteiger partial charge in [-0.1, -0.05) is 6.42 Å². The Balaban J connectivity index is 1.85. The lowest BCUT2D eigenvalue weighted by atomic mass is 10.0. The number of amides is 1. The van der Waals surface area contributed by atoms with E-state index in [-0.39, 0.29) is 5.91 Å². The maximum absolute atomic E-state index is 12.5. The molecule has 0 saturated carbocycles. The lowest BCUT2D eigenvalue weighted by Crippen LogP contribution is -2.49. The van der Waals surface area contributed by atoms with Crippen molar-refractivity contribution in [3.05, 3.63) is 24.5 Å². The molecule has 1 fully saturated rings. The monoisotopic (exact) mass is 323 g/mol. The van der Waals surface area contributed by atoms with Crippen molar-refractivity contribution in [2.24, 2.45) is 0 Å². The second-order valence-corrected chi connectivity index (χ2v) is 7.24. The molecule has 1 saturated heterocycles. The van der Waals surface area contributed by atoms with Crippen LogP contribution in [0.1, 0.15) is 19.3 Å². The molecule has 1 amide bonds. The SMILES string of the molecule is CS(=O)(=O)N1CCCCC1C(=O)Nc1ccnc2ccnn12. The Morgan fingerprint density at radius 1 is 1.32 bits per heavy atom. The second kappa shape index (κ2) is 5.65. The van der Waals surface area contributed by atoms with Gasteiger partial charge in [0.15, 0.2) is 5.65 Å². The van der Waals surface area contributed by atoms with Crippen molar-refractivity contribution in [2.45, 2.75) is 25.3 Å². The van der Waals surface area contributed by atoms with Gasteiger partial charge in [-0.15, -0.1) is 0 Å². The molecule has 3 rings (SSSR count). The Morgan fingerprint density at radius 3 is 2.91 bits per heavy atom. The molecule has 0 bridgehead atoms. The van der Waals surface area contributed by atoms with Gasteiger partial charge in [0, 0.05) is 18.8 Å². The number of carbonyl (C=O) groups excluding carboxylic acids is 1.